The van der Waals surface area contributed by atoms with Gasteiger partial charge in [0, 0.05) is 12.6 Å². The van der Waals surface area contributed by atoms with Gasteiger partial charge in [-0.1, -0.05) is 29.4 Å². The van der Waals surface area contributed by atoms with Crippen LogP contribution in [-0.2, 0) is 17.8 Å². The highest BCUT2D eigenvalue weighted by Crippen LogP contribution is 2.30. The van der Waals surface area contributed by atoms with Gasteiger partial charge in [-0.15, -0.1) is 0 Å². The van der Waals surface area contributed by atoms with Crippen LogP contribution in [0, 0.1) is 4.91 Å². The minimum absolute atomic E-state index is 0.179. The highest BCUT2D eigenvalue weighted by Gasteiger charge is 2.35. The molecule has 1 fully saturated rings. The standard InChI is InChI=1S/C16H22N2O3/c1-16(2,3)21-15(19)18(14-8-9-14)11-13-6-4-12(5-7-13)10-17-20/h4-7,14H,8-11H2,1-3H3. The molecule has 5 nitrogen and oxygen atoms in total. The van der Waals surface area contributed by atoms with E-state index in [4.69, 9.17) is 4.74 Å². The van der Waals surface area contributed by atoms with Crippen LogP contribution in [0.4, 0.5) is 4.79 Å². The Labute approximate surface area is 125 Å². The van der Waals surface area contributed by atoms with Gasteiger partial charge in [0.2, 0.25) is 0 Å². The molecule has 0 saturated heterocycles. The third-order valence-electron chi connectivity index (χ3n) is 3.24. The molecule has 21 heavy (non-hydrogen) atoms. The first-order chi connectivity index (χ1) is 9.89. The Hall–Kier alpha value is -1.91. The summed E-state index contributed by atoms with van der Waals surface area (Å²) in [5, 5.41) is 2.87. The number of amides is 1. The van der Waals surface area contributed by atoms with E-state index < -0.39 is 5.60 Å². The van der Waals surface area contributed by atoms with E-state index >= 15 is 0 Å². The number of rotatable bonds is 5. The maximum atomic E-state index is 12.3. The molecule has 0 aliphatic heterocycles. The molecule has 1 aliphatic carbocycles. The summed E-state index contributed by atoms with van der Waals surface area (Å²) in [7, 11) is 0. The lowest BCUT2D eigenvalue weighted by molar-refractivity contribution is 0.0216. The number of nitrogens with zero attached hydrogens (tertiary/aromatic N) is 2. The Morgan fingerprint density at radius 2 is 1.81 bits per heavy atom. The Balaban J connectivity index is 2.02. The van der Waals surface area contributed by atoms with Crippen molar-refractivity contribution >= 4 is 6.09 Å². The molecule has 114 valence electrons. The van der Waals surface area contributed by atoms with Gasteiger partial charge in [-0.05, 0) is 44.7 Å². The van der Waals surface area contributed by atoms with Crippen LogP contribution < -0.4 is 0 Å². The molecule has 0 atom stereocenters. The monoisotopic (exact) mass is 290 g/mol. The molecule has 1 amide bonds. The first-order valence-corrected chi connectivity index (χ1v) is 7.25. The first kappa shape index (κ1) is 15.5. The van der Waals surface area contributed by atoms with Crippen molar-refractivity contribution in [1.29, 1.82) is 0 Å². The number of hydrogen-bond acceptors (Lipinski definition) is 4. The predicted octanol–water partition coefficient (Wildman–Crippen LogP) is 3.85. The third kappa shape index (κ3) is 4.85. The maximum Gasteiger partial charge on any atom is 0.410 e. The zero-order chi connectivity index (χ0) is 15.5. The van der Waals surface area contributed by atoms with Crippen molar-refractivity contribution in [3.8, 4) is 0 Å². The summed E-state index contributed by atoms with van der Waals surface area (Å²) in [5.41, 5.74) is 1.43. The molecule has 1 aromatic rings. The van der Waals surface area contributed by atoms with E-state index in [1.807, 2.05) is 45.0 Å². The molecule has 2 rings (SSSR count). The summed E-state index contributed by atoms with van der Waals surface area (Å²) in [6.07, 6.45) is 1.81. The summed E-state index contributed by atoms with van der Waals surface area (Å²) >= 11 is 0. The van der Waals surface area contributed by atoms with Gasteiger partial charge in [0.05, 0.1) is 0 Å². The lowest BCUT2D eigenvalue weighted by Crippen LogP contribution is -2.37. The molecular weight excluding hydrogens is 268 g/mol. The molecule has 0 N–H and O–H groups in total. The Morgan fingerprint density at radius 1 is 1.24 bits per heavy atom. The topological polar surface area (TPSA) is 59.0 Å². The molecule has 1 aromatic carbocycles. The normalized spacial score (nSPS) is 14.6. The summed E-state index contributed by atoms with van der Waals surface area (Å²) < 4.78 is 5.47. The lowest BCUT2D eigenvalue weighted by Gasteiger charge is -2.27. The molecule has 1 saturated carbocycles. The van der Waals surface area contributed by atoms with Gasteiger partial charge in [-0.3, -0.25) is 0 Å². The fourth-order valence-electron chi connectivity index (χ4n) is 2.07. The molecule has 0 heterocycles. The van der Waals surface area contributed by atoms with Crippen LogP contribution in [0.1, 0.15) is 44.7 Å². The van der Waals surface area contributed by atoms with Crippen LogP contribution in [0.5, 0.6) is 0 Å². The molecular formula is C16H22N2O3. The molecule has 0 radical (unpaired) electrons. The summed E-state index contributed by atoms with van der Waals surface area (Å²) in [5.74, 6) is 0. The zero-order valence-electron chi connectivity index (χ0n) is 12.8. The van der Waals surface area contributed by atoms with Crippen LogP contribution in [0.2, 0.25) is 0 Å². The van der Waals surface area contributed by atoms with Crippen molar-refractivity contribution < 1.29 is 9.53 Å². The fourth-order valence-corrected chi connectivity index (χ4v) is 2.07. The van der Waals surface area contributed by atoms with Crippen molar-refractivity contribution in [1.82, 2.24) is 4.90 Å². The van der Waals surface area contributed by atoms with Crippen LogP contribution in [0.15, 0.2) is 29.4 Å². The summed E-state index contributed by atoms with van der Waals surface area (Å²) in [6.45, 7) is 6.33. The van der Waals surface area contributed by atoms with Gasteiger partial charge in [0.15, 0.2) is 0 Å². The van der Waals surface area contributed by atoms with E-state index in [9.17, 15) is 9.70 Å². The van der Waals surface area contributed by atoms with E-state index in [0.29, 0.717) is 6.54 Å². The van der Waals surface area contributed by atoms with Gasteiger partial charge in [-0.2, -0.15) is 4.91 Å². The second-order valence-corrected chi connectivity index (χ2v) is 6.44. The minimum atomic E-state index is -0.482. The van der Waals surface area contributed by atoms with Crippen molar-refractivity contribution in [2.75, 3.05) is 0 Å². The van der Waals surface area contributed by atoms with Crippen LogP contribution in [0.25, 0.3) is 0 Å². The van der Waals surface area contributed by atoms with Gasteiger partial charge in [-0.25, -0.2) is 4.79 Å². The quantitative estimate of drug-likeness (QED) is 0.774. The fraction of sp³-hybridized carbons (Fsp3) is 0.562. The van der Waals surface area contributed by atoms with Crippen molar-refractivity contribution in [3.05, 3.63) is 40.3 Å². The highest BCUT2D eigenvalue weighted by atomic mass is 16.6. The average molecular weight is 290 g/mol. The summed E-state index contributed by atoms with van der Waals surface area (Å²) in [6, 6.07) is 7.89. The van der Waals surface area contributed by atoms with E-state index in [1.165, 1.54) is 0 Å². The molecule has 0 spiro atoms. The number of nitroso groups, excluding NO2 is 1. The lowest BCUT2D eigenvalue weighted by atomic mass is 10.1. The largest absolute Gasteiger partial charge is 0.444 e. The number of ether oxygens (including phenoxy) is 1. The van der Waals surface area contributed by atoms with E-state index in [0.717, 1.165) is 24.0 Å². The maximum absolute atomic E-state index is 12.3. The first-order valence-electron chi connectivity index (χ1n) is 7.25. The van der Waals surface area contributed by atoms with Crippen LogP contribution in [0.3, 0.4) is 0 Å². The number of hydrogen-bond donors (Lipinski definition) is 0. The van der Waals surface area contributed by atoms with Crippen LogP contribution in [-0.4, -0.2) is 22.6 Å². The second-order valence-electron chi connectivity index (χ2n) is 6.44. The minimum Gasteiger partial charge on any atom is -0.444 e. The Kier molecular flexibility index (Phi) is 4.60. The van der Waals surface area contributed by atoms with Gasteiger partial charge in [0.25, 0.3) is 0 Å². The van der Waals surface area contributed by atoms with Gasteiger partial charge < -0.3 is 9.64 Å². The highest BCUT2D eigenvalue weighted by molar-refractivity contribution is 5.69. The predicted molar refractivity (Wildman–Crippen MR) is 80.7 cm³/mol. The average Bonchev–Trinajstić information content (AvgIpc) is 3.20. The van der Waals surface area contributed by atoms with Crippen LogP contribution >= 0.6 is 0 Å². The molecule has 0 unspecified atom stereocenters. The molecule has 0 aromatic heterocycles. The van der Waals surface area contributed by atoms with E-state index in [1.54, 1.807) is 4.90 Å². The van der Waals surface area contributed by atoms with Gasteiger partial charge >= 0.3 is 6.09 Å². The zero-order valence-corrected chi connectivity index (χ0v) is 12.8. The molecule has 0 bridgehead atoms. The van der Waals surface area contributed by atoms with Crippen molar-refractivity contribution in [2.24, 2.45) is 5.18 Å². The third-order valence-corrected chi connectivity index (χ3v) is 3.24. The SMILES string of the molecule is CC(C)(C)OC(=O)N(Cc1ccc(CN=O)cc1)C1CC1. The van der Waals surface area contributed by atoms with Crippen molar-refractivity contribution in [3.63, 3.8) is 0 Å². The molecule has 1 aliphatic rings. The number of carbonyl (C=O) groups excluding carboxylic acids is 1. The smallest absolute Gasteiger partial charge is 0.410 e. The van der Waals surface area contributed by atoms with E-state index in [2.05, 4.69) is 5.18 Å². The number of benzene rings is 1. The van der Waals surface area contributed by atoms with E-state index in [-0.39, 0.29) is 18.7 Å². The number of carbonyl (C=O) groups is 1. The van der Waals surface area contributed by atoms with Gasteiger partial charge in [0.1, 0.15) is 12.1 Å². The summed E-state index contributed by atoms with van der Waals surface area (Å²) in [4.78, 5) is 24.3. The second kappa shape index (κ2) is 6.24. The molecule has 5 heteroatoms. The Morgan fingerprint density at radius 3 is 2.29 bits per heavy atom. The van der Waals surface area contributed by atoms with Crippen molar-refractivity contribution in [2.45, 2.75) is 58.3 Å². The Bertz CT molecular complexity index is 501.